The summed E-state index contributed by atoms with van der Waals surface area (Å²) in [5.41, 5.74) is 0.288. The van der Waals surface area contributed by atoms with Gasteiger partial charge < -0.3 is 30.3 Å². The molecule has 1 aliphatic carbocycles. The molecule has 2 unspecified atom stereocenters. The second kappa shape index (κ2) is 18.6. The van der Waals surface area contributed by atoms with Gasteiger partial charge in [-0.1, -0.05) is 33.8 Å². The fourth-order valence-corrected chi connectivity index (χ4v) is 8.20. The molecular weight excluding hydrogens is 721 g/mol. The third-order valence-electron chi connectivity index (χ3n) is 12.3. The van der Waals surface area contributed by atoms with Crippen LogP contribution in [0.25, 0.3) is 0 Å². The second-order valence-corrected chi connectivity index (χ2v) is 22.2. The second-order valence-electron chi connectivity index (χ2n) is 22.2. The first-order valence-electron chi connectivity index (χ1n) is 21.9. The first kappa shape index (κ1) is 47.5. The normalized spacial score (nSPS) is 22.8. The van der Waals surface area contributed by atoms with Gasteiger partial charge in [0.1, 0.15) is 11.9 Å². The maximum absolute atomic E-state index is 14.4. The largest absolute Gasteiger partial charge is 0.473 e. The standard InChI is InChI=1S/C46H81F2N7O2/c1-40(2,3)53-34-16-25-55(32-34)38-27-33(15-23-49-38)42(7,8)17-20-45(13,14)54-35-28-36(29-35)57-39-31-50-37(30-51-39)43(9,10)18-19-44(11,12)52-24-21-46(47,48)22-26-56-41(4,5)6/h15,23,30-31,33-36,52-54H,16-22,24-29,32H2,1-14H3/t33?,34?,35-,36-. The molecule has 9 nitrogen and oxygen atoms in total. The van der Waals surface area contributed by atoms with Crippen LogP contribution in [0.4, 0.5) is 8.78 Å². The molecule has 11 heteroatoms. The number of nitrogens with zero attached hydrogens (tertiary/aromatic N) is 4. The van der Waals surface area contributed by atoms with Gasteiger partial charge in [-0.25, -0.2) is 18.8 Å². The van der Waals surface area contributed by atoms with Crippen LogP contribution in [0.2, 0.25) is 0 Å². The van der Waals surface area contributed by atoms with Crippen LogP contribution in [-0.4, -0.2) is 93.3 Å². The van der Waals surface area contributed by atoms with Crippen molar-refractivity contribution in [3.63, 3.8) is 0 Å². The van der Waals surface area contributed by atoms with Crippen molar-refractivity contribution < 1.29 is 18.3 Å². The average Bonchev–Trinajstić information content (AvgIpc) is 3.52. The van der Waals surface area contributed by atoms with Crippen LogP contribution in [0.5, 0.6) is 5.88 Å². The van der Waals surface area contributed by atoms with E-state index in [0.717, 1.165) is 63.7 Å². The molecule has 0 radical (unpaired) electrons. The van der Waals surface area contributed by atoms with E-state index in [9.17, 15) is 8.78 Å². The molecule has 3 N–H and O–H groups in total. The Morgan fingerprint density at radius 2 is 1.46 bits per heavy atom. The number of halogens is 2. The Bertz CT molecular complexity index is 1470. The quantitative estimate of drug-likeness (QED) is 0.120. The van der Waals surface area contributed by atoms with Gasteiger partial charge in [-0.2, -0.15) is 0 Å². The van der Waals surface area contributed by atoms with E-state index >= 15 is 0 Å². The van der Waals surface area contributed by atoms with Crippen molar-refractivity contribution in [2.75, 3.05) is 26.2 Å². The highest BCUT2D eigenvalue weighted by atomic mass is 19.3. The van der Waals surface area contributed by atoms with E-state index in [0.29, 0.717) is 23.9 Å². The van der Waals surface area contributed by atoms with Gasteiger partial charge in [0.05, 0.1) is 30.3 Å². The highest BCUT2D eigenvalue weighted by Crippen LogP contribution is 2.40. The average molecular weight is 802 g/mol. The van der Waals surface area contributed by atoms with Gasteiger partial charge in [0.2, 0.25) is 5.88 Å². The lowest BCUT2D eigenvalue weighted by atomic mass is 9.71. The lowest BCUT2D eigenvalue weighted by molar-refractivity contribution is -0.0702. The van der Waals surface area contributed by atoms with Gasteiger partial charge >= 0.3 is 0 Å². The van der Waals surface area contributed by atoms with E-state index in [1.165, 1.54) is 12.3 Å². The van der Waals surface area contributed by atoms with E-state index in [2.05, 4.69) is 114 Å². The van der Waals surface area contributed by atoms with Crippen LogP contribution in [0.15, 0.2) is 29.7 Å². The summed E-state index contributed by atoms with van der Waals surface area (Å²) in [6, 6.07) is 0.941. The lowest BCUT2D eigenvalue weighted by Crippen LogP contribution is -2.54. The fourth-order valence-electron chi connectivity index (χ4n) is 8.20. The van der Waals surface area contributed by atoms with Gasteiger partial charge in [-0.05, 0) is 126 Å². The van der Waals surface area contributed by atoms with Crippen molar-refractivity contribution in [1.82, 2.24) is 30.8 Å². The molecule has 2 aliphatic heterocycles. The van der Waals surface area contributed by atoms with E-state index in [-0.39, 0.29) is 59.5 Å². The van der Waals surface area contributed by atoms with Gasteiger partial charge in [-0.15, -0.1) is 0 Å². The number of rotatable bonds is 20. The molecule has 1 saturated carbocycles. The molecule has 3 aliphatic rings. The minimum Gasteiger partial charge on any atom is -0.473 e. The Morgan fingerprint density at radius 1 is 0.772 bits per heavy atom. The molecule has 0 bridgehead atoms. The Hall–Kier alpha value is -2.21. The molecule has 57 heavy (non-hydrogen) atoms. The Morgan fingerprint density at radius 3 is 2.09 bits per heavy atom. The smallest absolute Gasteiger partial charge is 0.251 e. The molecule has 3 heterocycles. The Labute approximate surface area is 345 Å². The number of ether oxygens (including phenoxy) is 2. The van der Waals surface area contributed by atoms with Gasteiger partial charge in [0, 0.05) is 79.2 Å². The van der Waals surface area contributed by atoms with Gasteiger partial charge in [0.25, 0.3) is 5.92 Å². The Balaban J connectivity index is 1.14. The van der Waals surface area contributed by atoms with Crippen LogP contribution in [-0.2, 0) is 10.2 Å². The number of aliphatic imine (C=N–C) groups is 1. The molecule has 1 saturated heterocycles. The summed E-state index contributed by atoms with van der Waals surface area (Å²) in [5.74, 6) is -0.468. The fraction of sp³-hybridized carbons (Fsp3) is 0.848. The number of allylic oxidation sites excluding steroid dienone is 1. The molecule has 1 aromatic rings. The maximum atomic E-state index is 14.4. The zero-order valence-corrected chi connectivity index (χ0v) is 38.4. The van der Waals surface area contributed by atoms with Crippen LogP contribution >= 0.6 is 0 Å². The van der Waals surface area contributed by atoms with Crippen molar-refractivity contribution in [1.29, 1.82) is 0 Å². The van der Waals surface area contributed by atoms with E-state index < -0.39 is 11.5 Å². The summed E-state index contributed by atoms with van der Waals surface area (Å²) >= 11 is 0. The van der Waals surface area contributed by atoms with Crippen molar-refractivity contribution in [2.24, 2.45) is 16.3 Å². The van der Waals surface area contributed by atoms with E-state index in [1.807, 2.05) is 27.0 Å². The number of likely N-dealkylation sites (tertiary alicyclic amines) is 1. The highest BCUT2D eigenvalue weighted by Gasteiger charge is 2.38. The van der Waals surface area contributed by atoms with Crippen molar-refractivity contribution in [3.8, 4) is 5.88 Å². The number of nitrogens with one attached hydrogen (secondary N) is 3. The number of alkyl halides is 2. The van der Waals surface area contributed by atoms with E-state index in [4.69, 9.17) is 19.5 Å². The first-order valence-corrected chi connectivity index (χ1v) is 21.9. The van der Waals surface area contributed by atoms with Crippen molar-refractivity contribution in [2.45, 2.75) is 213 Å². The SMILES string of the molecule is CC(C)(C)NC1CCN(C2=NC=CC(C(C)(C)CCC(C)(C)N[C@H]3C[C@H](Oc4cnc(C(C)(C)CCC(C)(C)NCCC(F)(F)CCOC(C)(C)C)cn4)C3)C2)C1. The molecule has 4 rings (SSSR count). The predicted octanol–water partition coefficient (Wildman–Crippen LogP) is 9.61. The monoisotopic (exact) mass is 802 g/mol. The Kier molecular flexibility index (Phi) is 15.5. The number of amidine groups is 1. The molecule has 0 amide bonds. The molecule has 2 atom stereocenters. The maximum Gasteiger partial charge on any atom is 0.251 e. The molecular formula is C46H81F2N7O2. The third-order valence-corrected chi connectivity index (χ3v) is 12.3. The minimum atomic E-state index is -2.76. The third kappa shape index (κ3) is 16.1. The van der Waals surface area contributed by atoms with Crippen LogP contribution in [0.3, 0.4) is 0 Å². The number of hydrogen-bond acceptors (Lipinski definition) is 9. The molecule has 326 valence electrons. The molecule has 2 fully saturated rings. The van der Waals surface area contributed by atoms with Crippen molar-refractivity contribution in [3.05, 3.63) is 30.4 Å². The van der Waals surface area contributed by atoms with Crippen molar-refractivity contribution >= 4 is 5.84 Å². The van der Waals surface area contributed by atoms with Crippen LogP contribution in [0.1, 0.15) is 167 Å². The topological polar surface area (TPSA) is 95.9 Å². The van der Waals surface area contributed by atoms with Gasteiger partial charge in [-0.3, -0.25) is 4.98 Å². The summed E-state index contributed by atoms with van der Waals surface area (Å²) in [6.45, 7) is 32.8. The summed E-state index contributed by atoms with van der Waals surface area (Å²) in [4.78, 5) is 16.7. The number of aromatic nitrogens is 2. The summed E-state index contributed by atoms with van der Waals surface area (Å²) in [5, 5.41) is 11.1. The number of hydrogen-bond donors (Lipinski definition) is 3. The zero-order chi connectivity index (χ0) is 42.5. The summed E-state index contributed by atoms with van der Waals surface area (Å²) < 4.78 is 40.6. The van der Waals surface area contributed by atoms with Crippen LogP contribution < -0.4 is 20.7 Å². The first-order chi connectivity index (χ1) is 26.1. The summed E-state index contributed by atoms with van der Waals surface area (Å²) in [6.07, 6.45) is 15.6. The minimum absolute atomic E-state index is 0.0204. The summed E-state index contributed by atoms with van der Waals surface area (Å²) in [7, 11) is 0. The predicted molar refractivity (Wildman–Crippen MR) is 231 cm³/mol. The zero-order valence-electron chi connectivity index (χ0n) is 38.4. The molecule has 0 spiro atoms. The van der Waals surface area contributed by atoms with E-state index in [1.54, 1.807) is 6.20 Å². The van der Waals surface area contributed by atoms with Gasteiger partial charge in [0.15, 0.2) is 0 Å². The highest BCUT2D eigenvalue weighted by molar-refractivity contribution is 5.84. The molecule has 1 aromatic heterocycles. The lowest BCUT2D eigenvalue weighted by Gasteiger charge is -2.43. The molecule has 0 aromatic carbocycles. The van der Waals surface area contributed by atoms with Crippen LogP contribution in [0, 0.1) is 11.3 Å².